The quantitative estimate of drug-likeness (QED) is 0.376. The van der Waals surface area contributed by atoms with Crippen molar-refractivity contribution < 1.29 is 14.3 Å². The van der Waals surface area contributed by atoms with Crippen molar-refractivity contribution in [1.29, 1.82) is 0 Å². The molecule has 2 aliphatic heterocycles. The van der Waals surface area contributed by atoms with E-state index >= 15 is 0 Å². The highest BCUT2D eigenvalue weighted by atomic mass is 16.5. The van der Waals surface area contributed by atoms with E-state index in [1.54, 1.807) is 11.1 Å². The van der Waals surface area contributed by atoms with Crippen LogP contribution in [0.1, 0.15) is 97.0 Å². The number of Topliss-reactive ketones (excluding diaryl/α,β-unsaturated/α-hetero) is 1. The Labute approximate surface area is 271 Å². The number of hydrogen-bond donors (Lipinski definition) is 1. The average molecular weight is 616 g/mol. The van der Waals surface area contributed by atoms with Crippen LogP contribution < -0.4 is 5.32 Å². The van der Waals surface area contributed by atoms with Gasteiger partial charge in [0.25, 0.3) is 0 Å². The Morgan fingerprint density at radius 3 is 2.71 bits per heavy atom. The number of allylic oxidation sites excluding steroid dienone is 1. The summed E-state index contributed by atoms with van der Waals surface area (Å²) in [6.45, 7) is 9.37. The largest absolute Gasteiger partial charge is 0.368 e. The molecule has 3 saturated carbocycles. The highest BCUT2D eigenvalue weighted by Crippen LogP contribution is 2.65. The van der Waals surface area contributed by atoms with Gasteiger partial charge in [0.15, 0.2) is 0 Å². The maximum Gasteiger partial charge on any atom is 0.236 e. The summed E-state index contributed by atoms with van der Waals surface area (Å²) < 4.78 is 7.30. The zero-order valence-corrected chi connectivity index (χ0v) is 28.6. The highest BCUT2D eigenvalue weighted by Gasteiger charge is 2.62. The molecule has 9 atom stereocenters. The highest BCUT2D eigenvalue weighted by molar-refractivity contribution is 5.79. The Kier molecular flexibility index (Phi) is 8.35. The number of ketones is 1. The van der Waals surface area contributed by atoms with E-state index in [1.807, 2.05) is 18.0 Å². The molecule has 1 N–H and O–H groups in total. The van der Waals surface area contributed by atoms with Crippen LogP contribution in [0.2, 0.25) is 0 Å². The first-order chi connectivity index (χ1) is 21.6. The van der Waals surface area contributed by atoms with Crippen molar-refractivity contribution in [3.63, 3.8) is 0 Å². The van der Waals surface area contributed by atoms with E-state index in [9.17, 15) is 9.59 Å². The number of carbonyl (C=O) groups is 2. The molecule has 246 valence electrons. The number of fused-ring (bicyclic) bond motifs is 6. The lowest BCUT2D eigenvalue weighted by atomic mass is 9.52. The summed E-state index contributed by atoms with van der Waals surface area (Å²) in [4.78, 5) is 30.4. The van der Waals surface area contributed by atoms with Gasteiger partial charge >= 0.3 is 0 Å². The molecule has 45 heavy (non-hydrogen) atoms. The van der Waals surface area contributed by atoms with Crippen molar-refractivity contribution in [1.82, 2.24) is 15.1 Å². The third kappa shape index (κ3) is 5.45. The molecule has 5 fully saturated rings. The van der Waals surface area contributed by atoms with Gasteiger partial charge in [-0.15, -0.1) is 0 Å². The molecule has 1 aromatic rings. The average Bonchev–Trinajstić information content (AvgIpc) is 3.52. The van der Waals surface area contributed by atoms with E-state index in [-0.39, 0.29) is 23.3 Å². The van der Waals surface area contributed by atoms with Gasteiger partial charge in [-0.3, -0.25) is 19.8 Å². The maximum atomic E-state index is 13.7. The summed E-state index contributed by atoms with van der Waals surface area (Å²) in [5.74, 6) is 3.96. The normalized spacial score (nSPS) is 41.3. The molecule has 0 bridgehead atoms. The fourth-order valence-corrected chi connectivity index (χ4v) is 11.5. The van der Waals surface area contributed by atoms with Crippen LogP contribution in [0.4, 0.5) is 0 Å². The molecule has 1 amide bonds. The first-order valence-corrected chi connectivity index (χ1v) is 18.2. The molecule has 1 aromatic carbocycles. The van der Waals surface area contributed by atoms with Crippen LogP contribution in [0.15, 0.2) is 41.5 Å². The van der Waals surface area contributed by atoms with Crippen LogP contribution >= 0.6 is 0 Å². The van der Waals surface area contributed by atoms with E-state index in [1.165, 1.54) is 31.2 Å². The first kappa shape index (κ1) is 31.6. The molecule has 9 unspecified atom stereocenters. The predicted molar refractivity (Wildman–Crippen MR) is 178 cm³/mol. The van der Waals surface area contributed by atoms with Crippen LogP contribution in [0.25, 0.3) is 0 Å². The van der Waals surface area contributed by atoms with Gasteiger partial charge < -0.3 is 9.64 Å². The number of likely N-dealkylation sites (N-methyl/N-ethyl adjacent to an activating group) is 2. The fraction of sp³-hybridized carbons (Fsp3) is 0.744. The van der Waals surface area contributed by atoms with E-state index in [0.29, 0.717) is 35.5 Å². The number of amides is 1. The third-order valence-electron chi connectivity index (χ3n) is 14.0. The molecule has 4 aliphatic carbocycles. The minimum atomic E-state index is -0.310. The van der Waals surface area contributed by atoms with E-state index in [4.69, 9.17) is 4.74 Å². The molecule has 0 aromatic heterocycles. The summed E-state index contributed by atoms with van der Waals surface area (Å²) in [6, 6.07) is 10.5. The standard InChI is InChI=1S/C39H57N3O3/c1-26-19-35-39(40-4,42(23-26)24-36(44)41(5)18-15-28-9-7-6-8-10-28)25-38(45-35)17-14-31-32-12-11-29-20-30(43)13-16-37(29,3)34(32)21-33(31)27(2)22-38/h6-10,26,29,31-32,34-35,40H,11-25H2,1-5H3. The topological polar surface area (TPSA) is 61.9 Å². The Hall–Kier alpha value is -2.02. The summed E-state index contributed by atoms with van der Waals surface area (Å²) in [6.07, 6.45) is 12.8. The first-order valence-electron chi connectivity index (χ1n) is 18.2. The van der Waals surface area contributed by atoms with E-state index in [0.717, 1.165) is 76.3 Å². The van der Waals surface area contributed by atoms with Gasteiger partial charge in [-0.05, 0) is 112 Å². The molecule has 2 heterocycles. The van der Waals surface area contributed by atoms with Crippen molar-refractivity contribution in [2.75, 3.05) is 33.7 Å². The number of carbonyl (C=O) groups excluding carboxylic acids is 2. The van der Waals surface area contributed by atoms with E-state index < -0.39 is 0 Å². The second-order valence-electron chi connectivity index (χ2n) is 16.5. The number of likely N-dealkylation sites (tertiary alicyclic amines) is 1. The monoisotopic (exact) mass is 615 g/mol. The molecular weight excluding hydrogens is 558 g/mol. The Balaban J connectivity index is 1.08. The Morgan fingerprint density at radius 1 is 1.13 bits per heavy atom. The number of piperidine rings is 1. The van der Waals surface area contributed by atoms with Crippen molar-refractivity contribution in [2.45, 2.75) is 115 Å². The number of rotatable bonds is 6. The van der Waals surface area contributed by atoms with Crippen molar-refractivity contribution in [2.24, 2.45) is 35.0 Å². The lowest BCUT2D eigenvalue weighted by Crippen LogP contribution is -2.68. The van der Waals surface area contributed by atoms with Gasteiger partial charge in [0, 0.05) is 39.4 Å². The van der Waals surface area contributed by atoms with Gasteiger partial charge in [-0.1, -0.05) is 55.3 Å². The number of ether oxygens (including phenoxy) is 1. The predicted octanol–water partition coefficient (Wildman–Crippen LogP) is 6.39. The van der Waals surface area contributed by atoms with Gasteiger partial charge in [0.2, 0.25) is 5.91 Å². The summed E-state index contributed by atoms with van der Waals surface area (Å²) in [5, 5.41) is 3.78. The number of nitrogens with one attached hydrogen (secondary N) is 1. The van der Waals surface area contributed by atoms with Crippen LogP contribution in [0.3, 0.4) is 0 Å². The van der Waals surface area contributed by atoms with Crippen molar-refractivity contribution in [3.8, 4) is 0 Å². The van der Waals surface area contributed by atoms with Crippen molar-refractivity contribution in [3.05, 3.63) is 47.0 Å². The molecule has 6 nitrogen and oxygen atoms in total. The second kappa shape index (κ2) is 11.9. The minimum Gasteiger partial charge on any atom is -0.368 e. The zero-order valence-electron chi connectivity index (χ0n) is 28.6. The van der Waals surface area contributed by atoms with Crippen molar-refractivity contribution >= 4 is 11.7 Å². The minimum absolute atomic E-state index is 0.0892. The SMILES string of the molecule is CNC12CC3(CCC4C(=C(C)C3)CC3C4CCC4CC(=O)CCC43C)OC1CC(C)CN2CC(=O)N(C)CCc1ccccc1. The van der Waals surface area contributed by atoms with Gasteiger partial charge in [0.1, 0.15) is 11.4 Å². The van der Waals surface area contributed by atoms with Gasteiger partial charge in [-0.25, -0.2) is 0 Å². The molecule has 6 heteroatoms. The molecule has 0 radical (unpaired) electrons. The maximum absolute atomic E-state index is 13.7. The summed E-state index contributed by atoms with van der Waals surface area (Å²) in [5.41, 5.74) is 4.45. The fourth-order valence-electron chi connectivity index (χ4n) is 11.5. The van der Waals surface area contributed by atoms with Gasteiger partial charge in [0.05, 0.1) is 18.2 Å². The Morgan fingerprint density at radius 2 is 1.93 bits per heavy atom. The number of hydrogen-bond acceptors (Lipinski definition) is 5. The molecular formula is C39H57N3O3. The number of benzene rings is 1. The van der Waals surface area contributed by atoms with Crippen LogP contribution in [0, 0.1) is 35.0 Å². The van der Waals surface area contributed by atoms with Gasteiger partial charge in [-0.2, -0.15) is 0 Å². The van der Waals surface area contributed by atoms with E-state index in [2.05, 4.69) is 62.3 Å². The molecule has 7 rings (SSSR count). The smallest absolute Gasteiger partial charge is 0.236 e. The zero-order chi connectivity index (χ0) is 31.6. The molecule has 2 saturated heterocycles. The summed E-state index contributed by atoms with van der Waals surface area (Å²) >= 11 is 0. The molecule has 6 aliphatic rings. The lowest BCUT2D eigenvalue weighted by molar-refractivity contribution is -0.139. The third-order valence-corrected chi connectivity index (χ3v) is 14.0. The molecule has 1 spiro atoms. The van der Waals surface area contributed by atoms with Crippen LogP contribution in [-0.2, 0) is 20.7 Å². The summed E-state index contributed by atoms with van der Waals surface area (Å²) in [7, 11) is 4.05. The van der Waals surface area contributed by atoms with Crippen LogP contribution in [-0.4, -0.2) is 72.6 Å². The Bertz CT molecular complexity index is 1330. The lowest BCUT2D eigenvalue weighted by Gasteiger charge is -2.52. The van der Waals surface area contributed by atoms with Crippen LogP contribution in [0.5, 0.6) is 0 Å². The second-order valence-corrected chi connectivity index (χ2v) is 16.5. The number of nitrogens with zero attached hydrogens (tertiary/aromatic N) is 2.